The molecular weight excluding hydrogens is 262 g/mol. The number of carbonyl (C=O) groups excluding carboxylic acids is 1. The van der Waals surface area contributed by atoms with Crippen LogP contribution in [0.1, 0.15) is 19.8 Å². The molecule has 3 rings (SSSR count). The first-order valence-electron chi connectivity index (χ1n) is 6.57. The third-order valence-electron chi connectivity index (χ3n) is 3.34. The maximum Gasteiger partial charge on any atom is 0.535 e. The molecule has 1 fully saturated rings. The van der Waals surface area contributed by atoms with Gasteiger partial charge in [0, 0.05) is 19.3 Å². The normalized spacial score (nSPS) is 17.2. The van der Waals surface area contributed by atoms with Crippen molar-refractivity contribution in [1.82, 2.24) is 15.2 Å². The van der Waals surface area contributed by atoms with Crippen molar-refractivity contribution in [3.8, 4) is 5.88 Å². The van der Waals surface area contributed by atoms with Gasteiger partial charge in [0.2, 0.25) is 0 Å². The molecule has 0 radical (unpaired) electrons. The van der Waals surface area contributed by atoms with E-state index in [1.54, 1.807) is 23.4 Å². The first-order valence-corrected chi connectivity index (χ1v) is 6.57. The topological polar surface area (TPSA) is 77.7 Å². The second kappa shape index (κ2) is 5.46. The van der Waals surface area contributed by atoms with E-state index in [9.17, 15) is 4.79 Å². The zero-order valence-electron chi connectivity index (χ0n) is 11.1. The Morgan fingerprint density at radius 1 is 1.45 bits per heavy atom. The van der Waals surface area contributed by atoms with Gasteiger partial charge < -0.3 is 14.1 Å². The quantitative estimate of drug-likeness (QED) is 0.780. The molecule has 0 amide bonds. The summed E-state index contributed by atoms with van der Waals surface area (Å²) in [5.74, 6) is 0.736. The molecule has 0 saturated carbocycles. The molecule has 1 saturated heterocycles. The number of nitrogens with zero attached hydrogens (tertiary/aromatic N) is 3. The monoisotopic (exact) mass is 277 g/mol. The standard InChI is InChI=1S/C13H15N3O4/c1-9-4-7-16(8-5-9)20-13(17)18-12-10-3-2-6-14-11(10)19-15-12/h2-3,6,9H,4-5,7-8H2,1H3. The van der Waals surface area contributed by atoms with Gasteiger partial charge in [-0.2, -0.15) is 0 Å². The van der Waals surface area contributed by atoms with Gasteiger partial charge in [-0.15, -0.1) is 5.06 Å². The molecule has 7 heteroatoms. The first kappa shape index (κ1) is 12.9. The van der Waals surface area contributed by atoms with Gasteiger partial charge in [-0.1, -0.05) is 6.92 Å². The average molecular weight is 277 g/mol. The average Bonchev–Trinajstić information content (AvgIpc) is 2.85. The van der Waals surface area contributed by atoms with Crippen molar-refractivity contribution in [2.75, 3.05) is 13.1 Å². The van der Waals surface area contributed by atoms with Crippen molar-refractivity contribution in [3.05, 3.63) is 18.3 Å². The van der Waals surface area contributed by atoms with Gasteiger partial charge in [0.25, 0.3) is 11.6 Å². The number of fused-ring (bicyclic) bond motifs is 1. The number of pyridine rings is 1. The van der Waals surface area contributed by atoms with E-state index in [0.717, 1.165) is 25.9 Å². The fourth-order valence-corrected chi connectivity index (χ4v) is 2.11. The number of hydrogen-bond acceptors (Lipinski definition) is 7. The van der Waals surface area contributed by atoms with Gasteiger partial charge in [-0.3, -0.25) is 0 Å². The molecule has 3 heterocycles. The van der Waals surface area contributed by atoms with E-state index in [1.165, 1.54) is 0 Å². The Labute approximate surface area is 115 Å². The minimum Gasteiger partial charge on any atom is -0.371 e. The molecule has 2 aromatic heterocycles. The lowest BCUT2D eigenvalue weighted by atomic mass is 10.0. The van der Waals surface area contributed by atoms with Gasteiger partial charge in [-0.25, -0.2) is 9.78 Å². The van der Waals surface area contributed by atoms with E-state index >= 15 is 0 Å². The summed E-state index contributed by atoms with van der Waals surface area (Å²) in [6, 6.07) is 3.42. The molecule has 0 unspecified atom stereocenters. The number of rotatable bonds is 2. The summed E-state index contributed by atoms with van der Waals surface area (Å²) < 4.78 is 10.00. The van der Waals surface area contributed by atoms with Crippen molar-refractivity contribution in [1.29, 1.82) is 0 Å². The van der Waals surface area contributed by atoms with Crippen LogP contribution in [0.25, 0.3) is 11.1 Å². The molecular formula is C13H15N3O4. The number of carbonyl (C=O) groups is 1. The van der Waals surface area contributed by atoms with E-state index in [0.29, 0.717) is 17.0 Å². The lowest BCUT2D eigenvalue weighted by Crippen LogP contribution is -2.35. The van der Waals surface area contributed by atoms with Crippen LogP contribution in [0.15, 0.2) is 22.9 Å². The lowest BCUT2D eigenvalue weighted by molar-refractivity contribution is -0.132. The van der Waals surface area contributed by atoms with Crippen molar-refractivity contribution >= 4 is 17.3 Å². The summed E-state index contributed by atoms with van der Waals surface area (Å²) in [5.41, 5.74) is 0.321. The van der Waals surface area contributed by atoms with Gasteiger partial charge in [0.15, 0.2) is 0 Å². The fourth-order valence-electron chi connectivity index (χ4n) is 2.11. The number of piperidine rings is 1. The third-order valence-corrected chi connectivity index (χ3v) is 3.34. The van der Waals surface area contributed by atoms with Gasteiger partial charge in [-0.05, 0) is 36.0 Å². The summed E-state index contributed by atoms with van der Waals surface area (Å²) in [5, 5.41) is 5.81. The highest BCUT2D eigenvalue weighted by molar-refractivity contribution is 5.80. The van der Waals surface area contributed by atoms with E-state index < -0.39 is 6.16 Å². The van der Waals surface area contributed by atoms with Crippen LogP contribution < -0.4 is 4.74 Å². The van der Waals surface area contributed by atoms with E-state index in [4.69, 9.17) is 14.1 Å². The first-order chi connectivity index (χ1) is 9.72. The maximum absolute atomic E-state index is 11.7. The third kappa shape index (κ3) is 2.72. The van der Waals surface area contributed by atoms with Crippen LogP contribution in [0.5, 0.6) is 5.88 Å². The van der Waals surface area contributed by atoms with Crippen molar-refractivity contribution in [2.24, 2.45) is 5.92 Å². The van der Waals surface area contributed by atoms with E-state index in [2.05, 4.69) is 17.1 Å². The summed E-state index contributed by atoms with van der Waals surface area (Å²) in [4.78, 5) is 20.8. The Morgan fingerprint density at radius 3 is 3.05 bits per heavy atom. The second-order valence-corrected chi connectivity index (χ2v) is 4.90. The number of aromatic nitrogens is 2. The van der Waals surface area contributed by atoms with Crippen LogP contribution in [0.3, 0.4) is 0 Å². The van der Waals surface area contributed by atoms with Crippen LogP contribution in [0.4, 0.5) is 4.79 Å². The molecule has 2 aromatic rings. The van der Waals surface area contributed by atoms with Crippen molar-refractivity contribution in [3.63, 3.8) is 0 Å². The zero-order valence-corrected chi connectivity index (χ0v) is 11.1. The predicted molar refractivity (Wildman–Crippen MR) is 68.9 cm³/mol. The maximum atomic E-state index is 11.7. The van der Waals surface area contributed by atoms with Crippen LogP contribution >= 0.6 is 0 Å². The molecule has 20 heavy (non-hydrogen) atoms. The van der Waals surface area contributed by atoms with Gasteiger partial charge in [0.1, 0.15) is 5.39 Å². The largest absolute Gasteiger partial charge is 0.535 e. The van der Waals surface area contributed by atoms with Crippen molar-refractivity contribution < 1.29 is 18.9 Å². The summed E-state index contributed by atoms with van der Waals surface area (Å²) >= 11 is 0. The Kier molecular flexibility index (Phi) is 3.51. The Bertz CT molecular complexity index is 604. The van der Waals surface area contributed by atoms with Gasteiger partial charge in [0.05, 0.1) is 0 Å². The summed E-state index contributed by atoms with van der Waals surface area (Å²) in [6.45, 7) is 3.62. The predicted octanol–water partition coefficient (Wildman–Crippen LogP) is 2.39. The van der Waals surface area contributed by atoms with Gasteiger partial charge >= 0.3 is 6.16 Å². The molecule has 0 atom stereocenters. The molecule has 0 aromatic carbocycles. The minimum absolute atomic E-state index is 0.0727. The van der Waals surface area contributed by atoms with Crippen LogP contribution in [0, 0.1) is 5.92 Å². The molecule has 1 aliphatic heterocycles. The fraction of sp³-hybridized carbons (Fsp3) is 0.462. The lowest BCUT2D eigenvalue weighted by Gasteiger charge is -2.27. The minimum atomic E-state index is -0.807. The Balaban J connectivity index is 1.61. The van der Waals surface area contributed by atoms with E-state index in [-0.39, 0.29) is 5.88 Å². The van der Waals surface area contributed by atoms with Crippen LogP contribution in [-0.4, -0.2) is 34.4 Å². The highest BCUT2D eigenvalue weighted by atomic mass is 16.8. The summed E-state index contributed by atoms with van der Waals surface area (Å²) in [6.07, 6.45) is 2.78. The van der Waals surface area contributed by atoms with E-state index in [1.807, 2.05) is 0 Å². The smallest absolute Gasteiger partial charge is 0.371 e. The SMILES string of the molecule is CC1CCN(OC(=O)Oc2noc3ncccc23)CC1. The summed E-state index contributed by atoms with van der Waals surface area (Å²) in [7, 11) is 0. The molecule has 7 nitrogen and oxygen atoms in total. The Morgan fingerprint density at radius 2 is 2.25 bits per heavy atom. The number of ether oxygens (including phenoxy) is 1. The molecule has 0 N–H and O–H groups in total. The molecule has 106 valence electrons. The van der Waals surface area contributed by atoms with Crippen LogP contribution in [0.2, 0.25) is 0 Å². The van der Waals surface area contributed by atoms with Crippen molar-refractivity contribution in [2.45, 2.75) is 19.8 Å². The highest BCUT2D eigenvalue weighted by Crippen LogP contribution is 2.23. The second-order valence-electron chi connectivity index (χ2n) is 4.90. The van der Waals surface area contributed by atoms with Crippen LogP contribution in [-0.2, 0) is 4.84 Å². The molecule has 1 aliphatic rings. The number of hydroxylamine groups is 2. The molecule has 0 bridgehead atoms. The molecule has 0 spiro atoms. The zero-order chi connectivity index (χ0) is 13.9. The highest BCUT2D eigenvalue weighted by Gasteiger charge is 2.22. The Hall–Kier alpha value is -2.15. The number of hydrogen-bond donors (Lipinski definition) is 0. The molecule has 0 aliphatic carbocycles.